The Labute approximate surface area is 132 Å². The molecule has 0 aliphatic rings. The average molecular weight is 343 g/mol. The van der Waals surface area contributed by atoms with Gasteiger partial charge in [-0.3, -0.25) is 9.10 Å². The summed E-state index contributed by atoms with van der Waals surface area (Å²) in [5, 5.41) is 0.151. The fourth-order valence-electron chi connectivity index (χ4n) is 1.82. The van der Waals surface area contributed by atoms with E-state index in [0.29, 0.717) is 0 Å². The molecule has 0 radical (unpaired) electrons. The number of hydrogen-bond acceptors (Lipinski definition) is 4. The minimum absolute atomic E-state index is 0.0811. The van der Waals surface area contributed by atoms with Crippen LogP contribution in [0.1, 0.15) is 17.3 Å². The maximum absolute atomic E-state index is 13.7. The third-order valence-electron chi connectivity index (χ3n) is 3.01. The number of halogens is 2. The molecule has 8 heteroatoms. The molecular formula is C14H12ClFN2O3S. The molecule has 2 aromatic rings. The summed E-state index contributed by atoms with van der Waals surface area (Å²) < 4.78 is 39.5. The Bertz CT molecular complexity index is 840. The Hall–Kier alpha value is -1.99. The first-order valence-electron chi connectivity index (χ1n) is 6.15. The number of nitrogens with zero attached hydrogens (tertiary/aromatic N) is 2. The fraction of sp³-hybridized carbons (Fsp3) is 0.143. The zero-order valence-corrected chi connectivity index (χ0v) is 13.3. The van der Waals surface area contributed by atoms with Gasteiger partial charge in [-0.1, -0.05) is 11.6 Å². The van der Waals surface area contributed by atoms with Crippen molar-refractivity contribution in [3.05, 3.63) is 52.9 Å². The number of pyridine rings is 1. The van der Waals surface area contributed by atoms with Gasteiger partial charge < -0.3 is 0 Å². The molecule has 2 rings (SSSR count). The lowest BCUT2D eigenvalue weighted by atomic mass is 10.1. The van der Waals surface area contributed by atoms with Crippen LogP contribution in [0.15, 0.2) is 41.4 Å². The maximum atomic E-state index is 13.7. The highest BCUT2D eigenvalue weighted by Gasteiger charge is 2.25. The van der Waals surface area contributed by atoms with Gasteiger partial charge in [-0.15, -0.1) is 0 Å². The lowest BCUT2D eigenvalue weighted by Gasteiger charge is -2.19. The molecule has 1 aromatic heterocycles. The predicted octanol–water partition coefficient (Wildman–Crippen LogP) is 2.90. The van der Waals surface area contributed by atoms with Crippen LogP contribution in [0.5, 0.6) is 0 Å². The van der Waals surface area contributed by atoms with Crippen molar-refractivity contribution in [2.75, 3.05) is 11.4 Å². The van der Waals surface area contributed by atoms with Gasteiger partial charge >= 0.3 is 0 Å². The van der Waals surface area contributed by atoms with Crippen molar-refractivity contribution in [1.82, 2.24) is 4.98 Å². The molecule has 0 aliphatic carbocycles. The topological polar surface area (TPSA) is 67.3 Å². The largest absolute Gasteiger partial charge is 0.294 e. The van der Waals surface area contributed by atoms with Crippen LogP contribution in [0.4, 0.5) is 10.2 Å². The van der Waals surface area contributed by atoms with E-state index in [1.807, 2.05) is 0 Å². The van der Waals surface area contributed by atoms with Gasteiger partial charge in [0.15, 0.2) is 17.4 Å². The zero-order valence-electron chi connectivity index (χ0n) is 11.7. The van der Waals surface area contributed by atoms with Crippen molar-refractivity contribution in [3.8, 4) is 0 Å². The van der Waals surface area contributed by atoms with E-state index in [9.17, 15) is 17.6 Å². The third-order valence-corrected chi connectivity index (χ3v) is 5.09. The molecule has 0 fully saturated rings. The van der Waals surface area contributed by atoms with E-state index >= 15 is 0 Å². The number of Topliss-reactive ketones (excluding diaryl/α,β-unsaturated/α-hetero) is 1. The van der Waals surface area contributed by atoms with Crippen LogP contribution in [-0.2, 0) is 10.0 Å². The highest BCUT2D eigenvalue weighted by Crippen LogP contribution is 2.26. The number of ketones is 1. The van der Waals surface area contributed by atoms with E-state index in [0.717, 1.165) is 16.4 Å². The first-order chi connectivity index (χ1) is 10.2. The van der Waals surface area contributed by atoms with Crippen LogP contribution in [0.3, 0.4) is 0 Å². The smallest absolute Gasteiger partial charge is 0.265 e. The number of anilines is 1. The Morgan fingerprint density at radius 3 is 2.59 bits per heavy atom. The highest BCUT2D eigenvalue weighted by molar-refractivity contribution is 7.92. The summed E-state index contributed by atoms with van der Waals surface area (Å²) in [6.45, 7) is 1.28. The molecule has 0 N–H and O–H groups in total. The minimum Gasteiger partial charge on any atom is -0.294 e. The third kappa shape index (κ3) is 2.95. The molecule has 116 valence electrons. The molecule has 0 atom stereocenters. The average Bonchev–Trinajstić information content (AvgIpc) is 2.47. The molecule has 0 spiro atoms. The van der Waals surface area contributed by atoms with Crippen molar-refractivity contribution < 1.29 is 17.6 Å². The molecule has 1 aromatic carbocycles. The van der Waals surface area contributed by atoms with E-state index in [1.54, 1.807) is 0 Å². The van der Waals surface area contributed by atoms with Crippen LogP contribution in [0.2, 0.25) is 5.02 Å². The van der Waals surface area contributed by atoms with E-state index in [1.165, 1.54) is 38.4 Å². The Morgan fingerprint density at radius 2 is 2.00 bits per heavy atom. The number of rotatable bonds is 4. The molecule has 0 bridgehead atoms. The highest BCUT2D eigenvalue weighted by atomic mass is 35.5. The summed E-state index contributed by atoms with van der Waals surface area (Å²) in [7, 11) is -2.88. The van der Waals surface area contributed by atoms with Gasteiger partial charge in [0, 0.05) is 18.8 Å². The Kier molecular flexibility index (Phi) is 4.48. The summed E-state index contributed by atoms with van der Waals surface area (Å²) in [4.78, 5) is 15.0. The first kappa shape index (κ1) is 16.4. The van der Waals surface area contributed by atoms with E-state index in [4.69, 9.17) is 11.6 Å². The number of carbonyl (C=O) groups excluding carboxylic acids is 1. The summed E-state index contributed by atoms with van der Waals surface area (Å²) >= 11 is 5.86. The summed E-state index contributed by atoms with van der Waals surface area (Å²) in [5.74, 6) is -1.47. The SMILES string of the molecule is CC(=O)c1cc(S(=O)(=O)N(C)c2ncccc2F)ccc1Cl. The molecule has 0 saturated carbocycles. The maximum Gasteiger partial charge on any atom is 0.265 e. The Balaban J connectivity index is 2.54. The summed E-state index contributed by atoms with van der Waals surface area (Å²) in [6.07, 6.45) is 1.29. The molecule has 5 nitrogen and oxygen atoms in total. The van der Waals surface area contributed by atoms with Crippen LogP contribution in [0.25, 0.3) is 0 Å². The molecule has 0 saturated heterocycles. The van der Waals surface area contributed by atoms with E-state index in [-0.39, 0.29) is 27.1 Å². The van der Waals surface area contributed by atoms with Gasteiger partial charge in [-0.25, -0.2) is 17.8 Å². The fourth-order valence-corrected chi connectivity index (χ4v) is 3.25. The molecule has 0 amide bonds. The van der Waals surface area contributed by atoms with Crippen LogP contribution >= 0.6 is 11.6 Å². The number of benzene rings is 1. The van der Waals surface area contributed by atoms with Gasteiger partial charge in [0.1, 0.15) is 0 Å². The zero-order chi connectivity index (χ0) is 16.5. The first-order valence-corrected chi connectivity index (χ1v) is 7.97. The number of aromatic nitrogens is 1. The van der Waals surface area contributed by atoms with Gasteiger partial charge in [0.25, 0.3) is 10.0 Å². The van der Waals surface area contributed by atoms with Crippen molar-refractivity contribution in [2.24, 2.45) is 0 Å². The van der Waals surface area contributed by atoms with E-state index in [2.05, 4.69) is 4.98 Å². The second kappa shape index (κ2) is 6.02. The van der Waals surface area contributed by atoms with Crippen molar-refractivity contribution in [2.45, 2.75) is 11.8 Å². The second-order valence-corrected chi connectivity index (χ2v) is 6.86. The minimum atomic E-state index is -4.07. The molecule has 0 unspecified atom stereocenters. The van der Waals surface area contributed by atoms with Crippen molar-refractivity contribution >= 4 is 33.2 Å². The van der Waals surface area contributed by atoms with Gasteiger partial charge in [0.05, 0.1) is 9.92 Å². The monoisotopic (exact) mass is 342 g/mol. The predicted molar refractivity (Wildman–Crippen MR) is 81.2 cm³/mol. The standard InChI is InChI=1S/C14H12ClFN2O3S/c1-9(19)11-8-10(5-6-12(11)15)22(20,21)18(2)14-13(16)4-3-7-17-14/h3-8H,1-2H3. The molecule has 0 aliphatic heterocycles. The summed E-state index contributed by atoms with van der Waals surface area (Å²) in [6, 6.07) is 6.19. The lowest BCUT2D eigenvalue weighted by molar-refractivity contribution is 0.101. The quantitative estimate of drug-likeness (QED) is 0.801. The second-order valence-electron chi connectivity index (χ2n) is 4.48. The molecule has 22 heavy (non-hydrogen) atoms. The Morgan fingerprint density at radius 1 is 1.32 bits per heavy atom. The summed E-state index contributed by atoms with van der Waals surface area (Å²) in [5.41, 5.74) is 0.0811. The molecular weight excluding hydrogens is 331 g/mol. The van der Waals surface area contributed by atoms with Gasteiger partial charge in [-0.05, 0) is 37.3 Å². The van der Waals surface area contributed by atoms with Crippen molar-refractivity contribution in [3.63, 3.8) is 0 Å². The van der Waals surface area contributed by atoms with E-state index < -0.39 is 15.8 Å². The number of hydrogen-bond donors (Lipinski definition) is 0. The lowest BCUT2D eigenvalue weighted by Crippen LogP contribution is -2.28. The van der Waals surface area contributed by atoms with Crippen LogP contribution in [-0.4, -0.2) is 26.2 Å². The number of sulfonamides is 1. The van der Waals surface area contributed by atoms with Crippen LogP contribution in [0, 0.1) is 5.82 Å². The number of carbonyl (C=O) groups is 1. The van der Waals surface area contributed by atoms with Gasteiger partial charge in [-0.2, -0.15) is 0 Å². The van der Waals surface area contributed by atoms with Crippen LogP contribution < -0.4 is 4.31 Å². The molecule has 1 heterocycles. The van der Waals surface area contributed by atoms with Gasteiger partial charge in [0.2, 0.25) is 0 Å². The normalized spacial score (nSPS) is 11.3. The van der Waals surface area contributed by atoms with Crippen molar-refractivity contribution in [1.29, 1.82) is 0 Å².